The minimum Gasteiger partial charge on any atom is -0.508 e. The van der Waals surface area contributed by atoms with Crippen LogP contribution in [-0.2, 0) is 22.6 Å². The number of aromatic hydroxyl groups is 1. The van der Waals surface area contributed by atoms with Gasteiger partial charge in [-0.15, -0.1) is 0 Å². The number of aryl methyl sites for hydroxylation is 1. The first-order valence-corrected chi connectivity index (χ1v) is 11.1. The predicted octanol–water partition coefficient (Wildman–Crippen LogP) is 5.13. The summed E-state index contributed by atoms with van der Waals surface area (Å²) in [6.45, 7) is -0.716. The fraction of sp³-hybridized carbons (Fsp3) is 0.231. The summed E-state index contributed by atoms with van der Waals surface area (Å²) in [5.74, 6) is -1.03. The number of phenolic OH excluding ortho intramolecular Hbond substituents is 1. The Labute approximate surface area is 202 Å². The number of rotatable bonds is 10. The molecule has 0 spiro atoms. The molecule has 2 N–H and O–H groups in total. The molecule has 34 heavy (non-hydrogen) atoms. The number of hydrogen-bond acceptors (Lipinski definition) is 3. The fourth-order valence-electron chi connectivity index (χ4n) is 3.55. The van der Waals surface area contributed by atoms with Crippen LogP contribution in [0.2, 0.25) is 5.02 Å². The molecule has 3 rings (SSSR count). The van der Waals surface area contributed by atoms with Crippen LogP contribution < -0.4 is 5.32 Å². The van der Waals surface area contributed by atoms with Crippen LogP contribution in [0.3, 0.4) is 0 Å². The van der Waals surface area contributed by atoms with Crippen LogP contribution in [0.4, 0.5) is 8.78 Å². The summed E-state index contributed by atoms with van der Waals surface area (Å²) in [5, 5.41) is 12.7. The van der Waals surface area contributed by atoms with Crippen molar-refractivity contribution in [3.05, 3.63) is 101 Å². The van der Waals surface area contributed by atoms with Gasteiger partial charge in [0.15, 0.2) is 0 Å². The van der Waals surface area contributed by atoms with Crippen molar-refractivity contribution < 1.29 is 23.5 Å². The highest BCUT2D eigenvalue weighted by Crippen LogP contribution is 2.24. The van der Waals surface area contributed by atoms with E-state index >= 15 is 0 Å². The normalized spacial score (nSPS) is 11.8. The topological polar surface area (TPSA) is 69.6 Å². The molecule has 0 heterocycles. The van der Waals surface area contributed by atoms with Crippen molar-refractivity contribution in [1.29, 1.82) is 0 Å². The third kappa shape index (κ3) is 7.28. The largest absolute Gasteiger partial charge is 0.508 e. The quantitative estimate of drug-likeness (QED) is 0.417. The Morgan fingerprint density at radius 3 is 2.15 bits per heavy atom. The first-order valence-electron chi connectivity index (χ1n) is 10.8. The third-order valence-corrected chi connectivity index (χ3v) is 5.53. The lowest BCUT2D eigenvalue weighted by Crippen LogP contribution is -2.45. The van der Waals surface area contributed by atoms with E-state index in [9.17, 15) is 23.5 Å². The predicted molar refractivity (Wildman–Crippen MR) is 127 cm³/mol. The first-order chi connectivity index (χ1) is 16.3. The lowest BCUT2D eigenvalue weighted by Gasteiger charge is -2.31. The number of nitrogens with one attached hydrogen (secondary N) is 1. The number of amides is 2. The third-order valence-electron chi connectivity index (χ3n) is 5.27. The van der Waals surface area contributed by atoms with Crippen LogP contribution in [0.15, 0.2) is 78.9 Å². The monoisotopic (exact) mass is 486 g/mol. The van der Waals surface area contributed by atoms with Crippen molar-refractivity contribution in [1.82, 2.24) is 10.2 Å². The van der Waals surface area contributed by atoms with Gasteiger partial charge in [0.2, 0.25) is 11.8 Å². The van der Waals surface area contributed by atoms with E-state index < -0.39 is 30.8 Å². The molecule has 0 aliphatic heterocycles. The highest BCUT2D eigenvalue weighted by molar-refractivity contribution is 6.30. The van der Waals surface area contributed by atoms with Gasteiger partial charge in [0.1, 0.15) is 11.8 Å². The Bertz CT molecular complexity index is 1080. The van der Waals surface area contributed by atoms with Crippen molar-refractivity contribution in [3.63, 3.8) is 0 Å². The molecule has 2 amide bonds. The van der Waals surface area contributed by atoms with E-state index in [1.54, 1.807) is 66.7 Å². The fourth-order valence-corrected chi connectivity index (χ4v) is 3.68. The maximum atomic E-state index is 13.5. The smallest absolute Gasteiger partial charge is 0.255 e. The average molecular weight is 487 g/mol. The van der Waals surface area contributed by atoms with Crippen molar-refractivity contribution in [3.8, 4) is 5.75 Å². The lowest BCUT2D eigenvalue weighted by atomic mass is 10.0. The number of alkyl halides is 2. The number of phenols is 1. The number of carbonyl (C=O) groups is 2. The van der Waals surface area contributed by atoms with E-state index in [0.717, 1.165) is 16.0 Å². The zero-order valence-electron chi connectivity index (χ0n) is 18.3. The summed E-state index contributed by atoms with van der Waals surface area (Å²) in [6.07, 6.45) is -2.59. The Morgan fingerprint density at radius 2 is 1.53 bits per heavy atom. The second-order valence-electron chi connectivity index (χ2n) is 7.76. The average Bonchev–Trinajstić information content (AvgIpc) is 2.83. The minimum atomic E-state index is -2.81. The number of hydrogen-bond donors (Lipinski definition) is 2. The molecule has 0 saturated carbocycles. The number of carbonyl (C=O) groups excluding carboxylic acids is 2. The van der Waals surface area contributed by atoms with E-state index in [2.05, 4.69) is 5.32 Å². The van der Waals surface area contributed by atoms with Crippen molar-refractivity contribution in [2.75, 3.05) is 6.54 Å². The molecule has 8 heteroatoms. The Kier molecular flexibility index (Phi) is 8.99. The van der Waals surface area contributed by atoms with Crippen LogP contribution in [0.5, 0.6) is 5.75 Å². The Morgan fingerprint density at radius 1 is 0.912 bits per heavy atom. The molecule has 1 atom stereocenters. The highest BCUT2D eigenvalue weighted by Gasteiger charge is 2.32. The number of nitrogens with zero attached hydrogens (tertiary/aromatic N) is 1. The molecule has 0 aliphatic carbocycles. The summed E-state index contributed by atoms with van der Waals surface area (Å²) in [6, 6.07) is 20.4. The minimum absolute atomic E-state index is 0.0642. The Hall–Kier alpha value is -3.45. The molecule has 3 aromatic carbocycles. The first kappa shape index (κ1) is 25.2. The molecule has 0 aliphatic rings. The summed E-state index contributed by atoms with van der Waals surface area (Å²) >= 11 is 5.90. The second-order valence-corrected chi connectivity index (χ2v) is 8.20. The summed E-state index contributed by atoms with van der Waals surface area (Å²) in [5.41, 5.74) is 1.99. The van der Waals surface area contributed by atoms with Gasteiger partial charge in [-0.05, 0) is 47.4 Å². The van der Waals surface area contributed by atoms with Gasteiger partial charge in [-0.2, -0.15) is 0 Å². The SMILES string of the molecule is O=C(NCc1ccc(Cl)cc1)C(c1ccccc1)N(CC(F)F)C(=O)CCc1ccc(O)cc1. The summed E-state index contributed by atoms with van der Waals surface area (Å²) in [7, 11) is 0. The zero-order chi connectivity index (χ0) is 24.5. The van der Waals surface area contributed by atoms with Gasteiger partial charge in [0.05, 0.1) is 6.54 Å². The summed E-state index contributed by atoms with van der Waals surface area (Å²) < 4.78 is 27.0. The highest BCUT2D eigenvalue weighted by atomic mass is 35.5. The number of halogens is 3. The van der Waals surface area contributed by atoms with Gasteiger partial charge in [0.25, 0.3) is 6.43 Å². The van der Waals surface area contributed by atoms with Gasteiger partial charge < -0.3 is 15.3 Å². The van der Waals surface area contributed by atoms with Crippen LogP contribution in [0, 0.1) is 0 Å². The van der Waals surface area contributed by atoms with Crippen LogP contribution in [-0.4, -0.2) is 34.8 Å². The Balaban J connectivity index is 1.81. The maximum Gasteiger partial charge on any atom is 0.255 e. The second kappa shape index (κ2) is 12.1. The molecule has 3 aromatic rings. The number of benzene rings is 3. The molecule has 1 unspecified atom stereocenters. The van der Waals surface area contributed by atoms with Crippen LogP contribution in [0.1, 0.15) is 29.2 Å². The van der Waals surface area contributed by atoms with Gasteiger partial charge in [-0.1, -0.05) is 66.2 Å². The van der Waals surface area contributed by atoms with Crippen LogP contribution in [0.25, 0.3) is 0 Å². The molecular weight excluding hydrogens is 462 g/mol. The van der Waals surface area contributed by atoms with Gasteiger partial charge in [0, 0.05) is 18.0 Å². The molecule has 5 nitrogen and oxygen atoms in total. The van der Waals surface area contributed by atoms with E-state index in [1.807, 2.05) is 0 Å². The molecule has 0 aromatic heterocycles. The van der Waals surface area contributed by atoms with Crippen molar-refractivity contribution >= 4 is 23.4 Å². The molecule has 178 valence electrons. The molecule has 0 radical (unpaired) electrons. The van der Waals surface area contributed by atoms with Gasteiger partial charge >= 0.3 is 0 Å². The van der Waals surface area contributed by atoms with E-state index in [4.69, 9.17) is 11.6 Å². The van der Waals surface area contributed by atoms with Crippen LogP contribution >= 0.6 is 11.6 Å². The van der Waals surface area contributed by atoms with Gasteiger partial charge in [-0.3, -0.25) is 9.59 Å². The van der Waals surface area contributed by atoms with E-state index in [0.29, 0.717) is 10.6 Å². The lowest BCUT2D eigenvalue weighted by molar-refractivity contribution is -0.143. The van der Waals surface area contributed by atoms with E-state index in [-0.39, 0.29) is 25.1 Å². The molecular formula is C26H25ClF2N2O3. The van der Waals surface area contributed by atoms with E-state index in [1.165, 1.54) is 12.1 Å². The standard InChI is InChI=1S/C26H25ClF2N2O3/c27-21-11-6-19(7-12-21)16-30-26(34)25(20-4-2-1-3-5-20)31(17-23(28)29)24(33)15-10-18-8-13-22(32)14-9-18/h1-9,11-14,23,25,32H,10,15-17H2,(H,30,34). The van der Waals surface area contributed by atoms with Crippen molar-refractivity contribution in [2.24, 2.45) is 0 Å². The zero-order valence-corrected chi connectivity index (χ0v) is 19.1. The summed E-state index contributed by atoms with van der Waals surface area (Å²) in [4.78, 5) is 27.3. The molecule has 0 saturated heterocycles. The molecule has 0 bridgehead atoms. The van der Waals surface area contributed by atoms with Gasteiger partial charge in [-0.25, -0.2) is 8.78 Å². The maximum absolute atomic E-state index is 13.5. The molecule has 0 fully saturated rings. The van der Waals surface area contributed by atoms with Crippen molar-refractivity contribution in [2.45, 2.75) is 31.9 Å².